The number of hydrogen-bond donors (Lipinski definition) is 0. The zero-order valence-electron chi connectivity index (χ0n) is 12.1. The Kier molecular flexibility index (Phi) is 4.43. The molecule has 0 aromatic heterocycles. The van der Waals surface area contributed by atoms with Crippen LogP contribution in [0.3, 0.4) is 0 Å². The lowest BCUT2D eigenvalue weighted by Crippen LogP contribution is -2.20. The first-order valence-corrected chi connectivity index (χ1v) is 6.83. The average Bonchev–Trinajstić information content (AvgIpc) is 2.88. The third kappa shape index (κ3) is 3.07. The SMILES string of the molecule is C=Cc1c(C)cccc1/C=C(\C)N1CCC(OC)C1. The summed E-state index contributed by atoms with van der Waals surface area (Å²) in [6, 6.07) is 6.38. The third-order valence-electron chi connectivity index (χ3n) is 3.90. The number of likely N-dealkylation sites (tertiary alicyclic amines) is 1. The zero-order chi connectivity index (χ0) is 13.8. The first-order chi connectivity index (χ1) is 9.15. The first kappa shape index (κ1) is 13.9. The smallest absolute Gasteiger partial charge is 0.0762 e. The standard InChI is InChI=1S/C17H23NO/c1-5-17-13(2)7-6-8-15(17)11-14(3)18-10-9-16(12-18)19-4/h5-8,11,16H,1,9-10,12H2,2-4H3/b14-11+. The van der Waals surface area contributed by atoms with Crippen LogP contribution in [0.5, 0.6) is 0 Å². The van der Waals surface area contributed by atoms with Crippen LogP contribution in [-0.2, 0) is 4.74 Å². The lowest BCUT2D eigenvalue weighted by molar-refractivity contribution is 0.112. The normalized spacial score (nSPS) is 19.8. The van der Waals surface area contributed by atoms with Gasteiger partial charge in [-0.15, -0.1) is 0 Å². The van der Waals surface area contributed by atoms with Crippen molar-refractivity contribution in [3.8, 4) is 0 Å². The van der Waals surface area contributed by atoms with E-state index in [1.54, 1.807) is 7.11 Å². The highest BCUT2D eigenvalue weighted by Crippen LogP contribution is 2.22. The van der Waals surface area contributed by atoms with Crippen molar-refractivity contribution < 1.29 is 4.74 Å². The molecule has 0 spiro atoms. The van der Waals surface area contributed by atoms with Crippen molar-refractivity contribution in [3.63, 3.8) is 0 Å². The van der Waals surface area contributed by atoms with Gasteiger partial charge in [0, 0.05) is 25.9 Å². The van der Waals surface area contributed by atoms with Gasteiger partial charge in [0.15, 0.2) is 0 Å². The van der Waals surface area contributed by atoms with Crippen molar-refractivity contribution in [1.82, 2.24) is 4.90 Å². The zero-order valence-corrected chi connectivity index (χ0v) is 12.1. The molecule has 0 amide bonds. The lowest BCUT2D eigenvalue weighted by atomic mass is 10.0. The van der Waals surface area contributed by atoms with Crippen molar-refractivity contribution in [3.05, 3.63) is 47.2 Å². The van der Waals surface area contributed by atoms with Gasteiger partial charge < -0.3 is 9.64 Å². The van der Waals surface area contributed by atoms with Crippen LogP contribution in [0.1, 0.15) is 30.0 Å². The topological polar surface area (TPSA) is 12.5 Å². The molecule has 1 aromatic carbocycles. The molecule has 2 rings (SSSR count). The van der Waals surface area contributed by atoms with Gasteiger partial charge in [-0.05, 0) is 43.0 Å². The fourth-order valence-corrected chi connectivity index (χ4v) is 2.67. The number of aryl methyl sites for hydroxylation is 1. The van der Waals surface area contributed by atoms with Crippen LogP contribution in [-0.4, -0.2) is 31.2 Å². The predicted octanol–water partition coefficient (Wildman–Crippen LogP) is 3.72. The number of benzene rings is 1. The second-order valence-electron chi connectivity index (χ2n) is 5.16. The van der Waals surface area contributed by atoms with Crippen LogP contribution in [0.15, 0.2) is 30.5 Å². The molecule has 19 heavy (non-hydrogen) atoms. The minimum absolute atomic E-state index is 0.375. The highest BCUT2D eigenvalue weighted by atomic mass is 16.5. The molecule has 1 atom stereocenters. The molecule has 0 N–H and O–H groups in total. The summed E-state index contributed by atoms with van der Waals surface area (Å²) >= 11 is 0. The lowest BCUT2D eigenvalue weighted by Gasteiger charge is -2.19. The first-order valence-electron chi connectivity index (χ1n) is 6.83. The third-order valence-corrected chi connectivity index (χ3v) is 3.90. The average molecular weight is 257 g/mol. The van der Waals surface area contributed by atoms with Crippen molar-refractivity contribution in [2.24, 2.45) is 0 Å². The maximum atomic E-state index is 5.42. The molecular formula is C17H23NO. The second-order valence-corrected chi connectivity index (χ2v) is 5.16. The molecule has 0 aliphatic carbocycles. The van der Waals surface area contributed by atoms with Crippen LogP contribution in [0.2, 0.25) is 0 Å². The summed E-state index contributed by atoms with van der Waals surface area (Å²) in [5.74, 6) is 0. The molecule has 102 valence electrons. The molecule has 1 saturated heterocycles. The Morgan fingerprint density at radius 3 is 2.89 bits per heavy atom. The van der Waals surface area contributed by atoms with Gasteiger partial charge in [0.2, 0.25) is 0 Å². The summed E-state index contributed by atoms with van der Waals surface area (Å²) in [6.07, 6.45) is 5.68. The van der Waals surface area contributed by atoms with Crippen LogP contribution in [0.4, 0.5) is 0 Å². The number of rotatable bonds is 4. The Bertz CT molecular complexity index is 490. The van der Waals surface area contributed by atoms with E-state index in [-0.39, 0.29) is 0 Å². The summed E-state index contributed by atoms with van der Waals surface area (Å²) in [6.45, 7) is 10.3. The van der Waals surface area contributed by atoms with E-state index in [9.17, 15) is 0 Å². The summed E-state index contributed by atoms with van der Waals surface area (Å²) in [5, 5.41) is 0. The van der Waals surface area contributed by atoms with Gasteiger partial charge in [0.25, 0.3) is 0 Å². The number of methoxy groups -OCH3 is 1. The predicted molar refractivity (Wildman–Crippen MR) is 81.9 cm³/mol. The van der Waals surface area contributed by atoms with E-state index in [1.807, 2.05) is 6.08 Å². The molecule has 1 aliphatic heterocycles. The second kappa shape index (κ2) is 6.07. The van der Waals surface area contributed by atoms with Crippen molar-refractivity contribution in [2.45, 2.75) is 26.4 Å². The van der Waals surface area contributed by atoms with E-state index in [0.29, 0.717) is 6.10 Å². The maximum absolute atomic E-state index is 5.42. The Labute approximate surface area is 116 Å². The Balaban J connectivity index is 2.22. The molecule has 1 heterocycles. The summed E-state index contributed by atoms with van der Waals surface area (Å²) in [4.78, 5) is 2.39. The van der Waals surface area contributed by atoms with Crippen LogP contribution in [0.25, 0.3) is 12.2 Å². The number of hydrogen-bond acceptors (Lipinski definition) is 2. The van der Waals surface area contributed by atoms with E-state index in [2.05, 4.69) is 49.6 Å². The molecule has 0 radical (unpaired) electrons. The maximum Gasteiger partial charge on any atom is 0.0762 e. The Morgan fingerprint density at radius 1 is 1.47 bits per heavy atom. The number of allylic oxidation sites excluding steroid dienone is 1. The van der Waals surface area contributed by atoms with Crippen molar-refractivity contribution >= 4 is 12.2 Å². The van der Waals surface area contributed by atoms with E-state index < -0.39 is 0 Å². The van der Waals surface area contributed by atoms with Crippen LogP contribution >= 0.6 is 0 Å². The van der Waals surface area contributed by atoms with Crippen LogP contribution in [0, 0.1) is 6.92 Å². The fourth-order valence-electron chi connectivity index (χ4n) is 2.67. The van der Waals surface area contributed by atoms with Crippen LogP contribution < -0.4 is 0 Å². The molecule has 2 heteroatoms. The highest BCUT2D eigenvalue weighted by molar-refractivity contribution is 5.67. The molecule has 0 bridgehead atoms. The molecule has 1 aliphatic rings. The van der Waals surface area contributed by atoms with Gasteiger partial charge in [-0.2, -0.15) is 0 Å². The molecule has 2 nitrogen and oxygen atoms in total. The largest absolute Gasteiger partial charge is 0.380 e. The molecule has 0 saturated carbocycles. The monoisotopic (exact) mass is 257 g/mol. The summed E-state index contributed by atoms with van der Waals surface area (Å²) in [7, 11) is 1.80. The van der Waals surface area contributed by atoms with Gasteiger partial charge >= 0.3 is 0 Å². The molecule has 1 fully saturated rings. The van der Waals surface area contributed by atoms with Crippen molar-refractivity contribution in [2.75, 3.05) is 20.2 Å². The van der Waals surface area contributed by atoms with E-state index in [0.717, 1.165) is 19.5 Å². The van der Waals surface area contributed by atoms with Gasteiger partial charge in [-0.1, -0.05) is 30.9 Å². The van der Waals surface area contributed by atoms with Gasteiger partial charge in [-0.3, -0.25) is 0 Å². The molecule has 1 unspecified atom stereocenters. The van der Waals surface area contributed by atoms with Gasteiger partial charge in [0.05, 0.1) is 6.10 Å². The highest BCUT2D eigenvalue weighted by Gasteiger charge is 2.21. The number of ether oxygens (including phenoxy) is 1. The fraction of sp³-hybridized carbons (Fsp3) is 0.412. The van der Waals surface area contributed by atoms with E-state index >= 15 is 0 Å². The Hall–Kier alpha value is -1.54. The minimum atomic E-state index is 0.375. The minimum Gasteiger partial charge on any atom is -0.380 e. The Morgan fingerprint density at radius 2 is 2.26 bits per heavy atom. The van der Waals surface area contributed by atoms with E-state index in [4.69, 9.17) is 4.74 Å². The summed E-state index contributed by atoms with van der Waals surface area (Å²) in [5.41, 5.74) is 5.04. The van der Waals surface area contributed by atoms with Crippen molar-refractivity contribution in [1.29, 1.82) is 0 Å². The molecule has 1 aromatic rings. The quantitative estimate of drug-likeness (QED) is 0.815. The number of nitrogens with zero attached hydrogens (tertiary/aromatic N) is 1. The van der Waals surface area contributed by atoms with Gasteiger partial charge in [0.1, 0.15) is 0 Å². The summed E-state index contributed by atoms with van der Waals surface area (Å²) < 4.78 is 5.42. The molecular weight excluding hydrogens is 234 g/mol. The van der Waals surface area contributed by atoms with E-state index in [1.165, 1.54) is 22.4 Å². The van der Waals surface area contributed by atoms with Gasteiger partial charge in [-0.25, -0.2) is 0 Å².